The van der Waals surface area contributed by atoms with Crippen LogP contribution in [0.1, 0.15) is 13.3 Å². The van der Waals surface area contributed by atoms with Gasteiger partial charge in [0, 0.05) is 20.6 Å². The van der Waals surface area contributed by atoms with E-state index in [9.17, 15) is 14.4 Å². The molecular weight excluding hydrogens is 252 g/mol. The lowest BCUT2D eigenvalue weighted by Gasteiger charge is -2.21. The molecule has 0 amide bonds. The van der Waals surface area contributed by atoms with E-state index in [0.717, 1.165) is 15.7 Å². The van der Waals surface area contributed by atoms with Crippen molar-refractivity contribution in [3.05, 3.63) is 20.8 Å². The van der Waals surface area contributed by atoms with E-state index in [2.05, 4.69) is 9.84 Å². The number of aromatic nitrogens is 3. The Morgan fingerprint density at radius 2 is 2.00 bits per heavy atom. The molecule has 0 radical (unpaired) electrons. The molecule has 19 heavy (non-hydrogen) atoms. The van der Waals surface area contributed by atoms with Gasteiger partial charge in [0.05, 0.1) is 7.11 Å². The maximum atomic E-state index is 12.0. The minimum absolute atomic E-state index is 0.0665. The highest BCUT2D eigenvalue weighted by molar-refractivity contribution is 5.75. The van der Waals surface area contributed by atoms with E-state index in [-0.39, 0.29) is 12.4 Å². The SMILES string of the molecule is CCCN(CC(=O)OC)c1nn(C)c(=O)n(C)c1=O. The van der Waals surface area contributed by atoms with Gasteiger partial charge in [-0.1, -0.05) is 6.92 Å². The van der Waals surface area contributed by atoms with Crippen LogP contribution in [0, 0.1) is 0 Å². The molecule has 0 aliphatic rings. The van der Waals surface area contributed by atoms with Crippen LogP contribution in [0.15, 0.2) is 9.59 Å². The minimum atomic E-state index is -0.527. The standard InChI is InChI=1S/C11H18N4O4/c1-5-6-15(7-8(16)19-4)9-10(17)13(2)11(18)14(3)12-9/h5-7H2,1-4H3. The minimum Gasteiger partial charge on any atom is -0.468 e. The van der Waals surface area contributed by atoms with Crippen LogP contribution < -0.4 is 16.1 Å². The number of methoxy groups -OCH3 is 1. The highest BCUT2D eigenvalue weighted by atomic mass is 16.5. The van der Waals surface area contributed by atoms with E-state index in [1.807, 2.05) is 6.92 Å². The quantitative estimate of drug-likeness (QED) is 0.629. The summed E-state index contributed by atoms with van der Waals surface area (Å²) in [7, 11) is 4.10. The molecule has 0 atom stereocenters. The molecule has 0 fully saturated rings. The number of hydrogen-bond acceptors (Lipinski definition) is 6. The fourth-order valence-electron chi connectivity index (χ4n) is 1.63. The molecule has 8 nitrogen and oxygen atoms in total. The average molecular weight is 270 g/mol. The number of hydrogen-bond donors (Lipinski definition) is 0. The second kappa shape index (κ2) is 6.17. The van der Waals surface area contributed by atoms with Crippen molar-refractivity contribution in [1.29, 1.82) is 0 Å². The molecule has 0 spiro atoms. The maximum Gasteiger partial charge on any atom is 0.346 e. The zero-order chi connectivity index (χ0) is 14.6. The van der Waals surface area contributed by atoms with Crippen molar-refractivity contribution >= 4 is 11.8 Å². The monoisotopic (exact) mass is 270 g/mol. The van der Waals surface area contributed by atoms with E-state index in [1.165, 1.54) is 26.1 Å². The van der Waals surface area contributed by atoms with Crippen LogP contribution in [0.3, 0.4) is 0 Å². The summed E-state index contributed by atoms with van der Waals surface area (Å²) in [6.07, 6.45) is 0.727. The van der Waals surface area contributed by atoms with Gasteiger partial charge >= 0.3 is 11.7 Å². The third kappa shape index (κ3) is 3.21. The second-order valence-electron chi connectivity index (χ2n) is 4.09. The number of carbonyl (C=O) groups is 1. The summed E-state index contributed by atoms with van der Waals surface area (Å²) in [6.45, 7) is 2.30. The number of carbonyl (C=O) groups excluding carboxylic acids is 1. The smallest absolute Gasteiger partial charge is 0.346 e. The average Bonchev–Trinajstić information content (AvgIpc) is 2.39. The van der Waals surface area contributed by atoms with Crippen molar-refractivity contribution < 1.29 is 9.53 Å². The van der Waals surface area contributed by atoms with E-state index in [0.29, 0.717) is 6.54 Å². The molecule has 0 saturated carbocycles. The van der Waals surface area contributed by atoms with Gasteiger partial charge in [0.1, 0.15) is 6.54 Å². The van der Waals surface area contributed by atoms with Gasteiger partial charge in [-0.25, -0.2) is 9.48 Å². The summed E-state index contributed by atoms with van der Waals surface area (Å²) in [4.78, 5) is 36.4. The second-order valence-corrected chi connectivity index (χ2v) is 4.09. The predicted octanol–water partition coefficient (Wildman–Crippen LogP) is -1.13. The van der Waals surface area contributed by atoms with Crippen LogP contribution in [0.25, 0.3) is 0 Å². The zero-order valence-electron chi connectivity index (χ0n) is 11.5. The Bertz CT molecular complexity index is 575. The van der Waals surface area contributed by atoms with Crippen LogP contribution in [0.4, 0.5) is 5.82 Å². The number of ether oxygens (including phenoxy) is 1. The molecule has 0 aliphatic heterocycles. The summed E-state index contributed by atoms with van der Waals surface area (Å²) in [5.41, 5.74) is -1.04. The van der Waals surface area contributed by atoms with Gasteiger partial charge in [-0.3, -0.25) is 14.2 Å². The predicted molar refractivity (Wildman–Crippen MR) is 69.2 cm³/mol. The Labute approximate surface area is 110 Å². The fraction of sp³-hybridized carbons (Fsp3) is 0.636. The van der Waals surface area contributed by atoms with Crippen molar-refractivity contribution in [1.82, 2.24) is 14.3 Å². The van der Waals surface area contributed by atoms with Crippen LogP contribution in [0.2, 0.25) is 0 Å². The van der Waals surface area contributed by atoms with E-state index < -0.39 is 17.2 Å². The number of rotatable bonds is 5. The first-order valence-corrected chi connectivity index (χ1v) is 5.88. The molecule has 1 rings (SSSR count). The lowest BCUT2D eigenvalue weighted by atomic mass is 10.4. The zero-order valence-corrected chi connectivity index (χ0v) is 11.5. The van der Waals surface area contributed by atoms with Gasteiger partial charge in [0.15, 0.2) is 0 Å². The van der Waals surface area contributed by atoms with Crippen molar-refractivity contribution in [2.24, 2.45) is 14.1 Å². The van der Waals surface area contributed by atoms with Crippen LogP contribution >= 0.6 is 0 Å². The number of anilines is 1. The van der Waals surface area contributed by atoms with Crippen molar-refractivity contribution in [3.63, 3.8) is 0 Å². The summed E-state index contributed by atoms with van der Waals surface area (Å²) in [6, 6.07) is 0. The summed E-state index contributed by atoms with van der Waals surface area (Å²) in [5.74, 6) is -0.400. The summed E-state index contributed by atoms with van der Waals surface area (Å²) < 4.78 is 6.61. The number of nitrogens with zero attached hydrogens (tertiary/aromatic N) is 4. The molecular formula is C11H18N4O4. The maximum absolute atomic E-state index is 12.0. The first-order valence-electron chi connectivity index (χ1n) is 5.88. The Kier molecular flexibility index (Phi) is 4.85. The van der Waals surface area contributed by atoms with E-state index >= 15 is 0 Å². The third-order valence-corrected chi connectivity index (χ3v) is 2.65. The van der Waals surface area contributed by atoms with Gasteiger partial charge in [0.25, 0.3) is 5.56 Å². The van der Waals surface area contributed by atoms with Gasteiger partial charge < -0.3 is 9.64 Å². The molecule has 0 unspecified atom stereocenters. The summed E-state index contributed by atoms with van der Waals surface area (Å²) in [5, 5.41) is 3.93. The Balaban J connectivity index is 3.27. The highest BCUT2D eigenvalue weighted by Crippen LogP contribution is 2.03. The highest BCUT2D eigenvalue weighted by Gasteiger charge is 2.18. The Morgan fingerprint density at radius 3 is 2.53 bits per heavy atom. The molecule has 1 aromatic rings. The number of esters is 1. The number of aryl methyl sites for hydroxylation is 1. The third-order valence-electron chi connectivity index (χ3n) is 2.65. The first kappa shape index (κ1) is 14.9. The normalized spacial score (nSPS) is 10.3. The van der Waals surface area contributed by atoms with E-state index in [4.69, 9.17) is 0 Å². The molecule has 8 heteroatoms. The Morgan fingerprint density at radius 1 is 1.37 bits per heavy atom. The van der Waals surface area contributed by atoms with Gasteiger partial charge in [0.2, 0.25) is 5.82 Å². The van der Waals surface area contributed by atoms with Gasteiger partial charge in [-0.2, -0.15) is 0 Å². The van der Waals surface area contributed by atoms with Crippen LogP contribution in [-0.4, -0.2) is 40.5 Å². The molecule has 0 bridgehead atoms. The molecule has 0 aliphatic carbocycles. The van der Waals surface area contributed by atoms with Gasteiger partial charge in [-0.05, 0) is 6.42 Å². The topological polar surface area (TPSA) is 86.4 Å². The molecule has 1 aromatic heterocycles. The van der Waals surface area contributed by atoms with Gasteiger partial charge in [-0.15, -0.1) is 5.10 Å². The largest absolute Gasteiger partial charge is 0.468 e. The van der Waals surface area contributed by atoms with Crippen LogP contribution in [-0.2, 0) is 23.6 Å². The first-order chi connectivity index (χ1) is 8.92. The Hall–Kier alpha value is -2.12. The van der Waals surface area contributed by atoms with E-state index in [1.54, 1.807) is 0 Å². The molecule has 1 heterocycles. The van der Waals surface area contributed by atoms with Crippen molar-refractivity contribution in [2.75, 3.05) is 25.1 Å². The van der Waals surface area contributed by atoms with Crippen LogP contribution in [0.5, 0.6) is 0 Å². The molecule has 106 valence electrons. The van der Waals surface area contributed by atoms with Crippen molar-refractivity contribution in [3.8, 4) is 0 Å². The molecule has 0 N–H and O–H groups in total. The molecule has 0 saturated heterocycles. The lowest BCUT2D eigenvalue weighted by Crippen LogP contribution is -2.44. The lowest BCUT2D eigenvalue weighted by molar-refractivity contribution is -0.138. The van der Waals surface area contributed by atoms with Crippen molar-refractivity contribution in [2.45, 2.75) is 13.3 Å². The summed E-state index contributed by atoms with van der Waals surface area (Å²) >= 11 is 0. The fourth-order valence-corrected chi connectivity index (χ4v) is 1.63. The molecule has 0 aromatic carbocycles.